The molecule has 0 aliphatic heterocycles. The predicted molar refractivity (Wildman–Crippen MR) is 76.5 cm³/mol. The monoisotopic (exact) mass is 311 g/mol. The summed E-state index contributed by atoms with van der Waals surface area (Å²) in [7, 11) is 0. The molecule has 2 rings (SSSR count). The molecule has 1 unspecified atom stereocenters. The zero-order chi connectivity index (χ0) is 16.1. The van der Waals surface area contributed by atoms with Gasteiger partial charge in [-0.15, -0.1) is 0 Å². The Labute approximate surface area is 126 Å². The first-order valence-corrected chi connectivity index (χ1v) is 6.79. The predicted octanol–water partition coefficient (Wildman–Crippen LogP) is 4.09. The van der Waals surface area contributed by atoms with Gasteiger partial charge < -0.3 is 10.1 Å². The van der Waals surface area contributed by atoms with Crippen LogP contribution in [0, 0.1) is 12.7 Å². The van der Waals surface area contributed by atoms with Crippen LogP contribution in [0.25, 0.3) is 0 Å². The Morgan fingerprint density at radius 1 is 1.18 bits per heavy atom. The van der Waals surface area contributed by atoms with Gasteiger partial charge >= 0.3 is 6.61 Å². The van der Waals surface area contributed by atoms with Gasteiger partial charge in [-0.1, -0.05) is 19.1 Å². The van der Waals surface area contributed by atoms with E-state index in [-0.39, 0.29) is 23.3 Å². The van der Waals surface area contributed by atoms with Gasteiger partial charge in [-0.3, -0.25) is 0 Å². The van der Waals surface area contributed by atoms with E-state index < -0.39 is 12.4 Å². The molecular formula is C15H16F3N3O. The summed E-state index contributed by atoms with van der Waals surface area (Å²) in [5, 5.41) is 3.00. The Bertz CT molecular complexity index is 620. The summed E-state index contributed by atoms with van der Waals surface area (Å²) in [5.74, 6) is -0.302. The fraction of sp³-hybridized carbons (Fsp3) is 0.333. The van der Waals surface area contributed by atoms with Crippen LogP contribution in [0.2, 0.25) is 0 Å². The fourth-order valence-electron chi connectivity index (χ4n) is 2.03. The summed E-state index contributed by atoms with van der Waals surface area (Å²) in [5.41, 5.74) is 1.08. The van der Waals surface area contributed by atoms with E-state index in [0.717, 1.165) is 5.56 Å². The highest BCUT2D eigenvalue weighted by atomic mass is 19.3. The second kappa shape index (κ2) is 7.11. The first-order valence-electron chi connectivity index (χ1n) is 6.79. The molecule has 0 spiro atoms. The van der Waals surface area contributed by atoms with Gasteiger partial charge in [0.2, 0.25) is 0 Å². The van der Waals surface area contributed by atoms with Gasteiger partial charge in [-0.25, -0.2) is 14.4 Å². The summed E-state index contributed by atoms with van der Waals surface area (Å²) in [6.07, 6.45) is 1.95. The highest BCUT2D eigenvalue weighted by Crippen LogP contribution is 2.25. The first kappa shape index (κ1) is 16.1. The van der Waals surface area contributed by atoms with E-state index in [9.17, 15) is 13.2 Å². The van der Waals surface area contributed by atoms with Crippen molar-refractivity contribution in [2.45, 2.75) is 32.9 Å². The third-order valence-corrected chi connectivity index (χ3v) is 3.19. The van der Waals surface area contributed by atoms with Crippen molar-refractivity contribution in [1.29, 1.82) is 0 Å². The van der Waals surface area contributed by atoms with Crippen molar-refractivity contribution in [2.24, 2.45) is 0 Å². The smallest absolute Gasteiger partial charge is 0.387 e. The number of ether oxygens (including phenoxy) is 1. The minimum Gasteiger partial charge on any atom is -0.435 e. The highest BCUT2D eigenvalue weighted by molar-refractivity contribution is 5.41. The summed E-state index contributed by atoms with van der Waals surface area (Å²) >= 11 is 0. The van der Waals surface area contributed by atoms with Crippen molar-refractivity contribution in [3.63, 3.8) is 0 Å². The van der Waals surface area contributed by atoms with Crippen LogP contribution in [-0.4, -0.2) is 16.6 Å². The van der Waals surface area contributed by atoms with Crippen LogP contribution < -0.4 is 10.1 Å². The number of benzene rings is 1. The minimum absolute atomic E-state index is 0.0812. The molecule has 0 saturated carbocycles. The largest absolute Gasteiger partial charge is 0.435 e. The van der Waals surface area contributed by atoms with E-state index in [1.807, 2.05) is 6.92 Å². The second-order valence-electron chi connectivity index (χ2n) is 4.67. The number of halogens is 3. The van der Waals surface area contributed by atoms with Crippen LogP contribution in [0.5, 0.6) is 5.75 Å². The zero-order valence-electron chi connectivity index (χ0n) is 12.2. The SMILES string of the molecule is CCC(Nc1ncnc(C)c1F)c1ccc(OC(F)F)cc1. The minimum atomic E-state index is -2.86. The number of aryl methyl sites for hydroxylation is 1. The average molecular weight is 311 g/mol. The Morgan fingerprint density at radius 2 is 1.86 bits per heavy atom. The molecule has 0 aliphatic carbocycles. The summed E-state index contributed by atoms with van der Waals surface area (Å²) < 4.78 is 42.5. The van der Waals surface area contributed by atoms with Crippen LogP contribution >= 0.6 is 0 Å². The van der Waals surface area contributed by atoms with E-state index in [2.05, 4.69) is 20.0 Å². The number of anilines is 1. The molecule has 0 fully saturated rings. The van der Waals surface area contributed by atoms with Crippen LogP contribution in [0.1, 0.15) is 30.6 Å². The van der Waals surface area contributed by atoms with Crippen molar-refractivity contribution in [2.75, 3.05) is 5.32 Å². The molecule has 0 bridgehead atoms. The van der Waals surface area contributed by atoms with Crippen LogP contribution in [-0.2, 0) is 0 Å². The number of hydrogen-bond acceptors (Lipinski definition) is 4. The van der Waals surface area contributed by atoms with E-state index in [1.165, 1.54) is 18.5 Å². The van der Waals surface area contributed by atoms with Gasteiger partial charge in [0.25, 0.3) is 0 Å². The molecule has 0 amide bonds. The maximum Gasteiger partial charge on any atom is 0.387 e. The zero-order valence-corrected chi connectivity index (χ0v) is 12.2. The van der Waals surface area contributed by atoms with Crippen molar-refractivity contribution < 1.29 is 17.9 Å². The van der Waals surface area contributed by atoms with Crippen LogP contribution in [0.4, 0.5) is 19.0 Å². The molecule has 0 radical (unpaired) electrons. The van der Waals surface area contributed by atoms with Crippen molar-refractivity contribution in [3.05, 3.63) is 47.7 Å². The van der Waals surface area contributed by atoms with E-state index in [1.54, 1.807) is 19.1 Å². The molecule has 22 heavy (non-hydrogen) atoms. The third kappa shape index (κ3) is 3.87. The van der Waals surface area contributed by atoms with Gasteiger partial charge in [-0.2, -0.15) is 8.78 Å². The number of alkyl halides is 2. The maximum absolute atomic E-state index is 13.9. The Balaban J connectivity index is 2.16. The summed E-state index contributed by atoms with van der Waals surface area (Å²) in [6.45, 7) is 0.622. The standard InChI is InChI=1S/C15H16F3N3O/c1-3-12(21-14-13(16)9(2)19-8-20-14)10-4-6-11(7-5-10)22-15(17)18/h4-8,12,15H,3H2,1-2H3,(H,19,20,21). The molecule has 1 atom stereocenters. The normalized spacial score (nSPS) is 12.3. The summed E-state index contributed by atoms with van der Waals surface area (Å²) in [6, 6.07) is 6.01. The average Bonchev–Trinajstić information content (AvgIpc) is 2.49. The van der Waals surface area contributed by atoms with Crippen LogP contribution in [0.3, 0.4) is 0 Å². The Kier molecular flexibility index (Phi) is 5.19. The lowest BCUT2D eigenvalue weighted by atomic mass is 10.0. The molecular weight excluding hydrogens is 295 g/mol. The molecule has 118 valence electrons. The number of nitrogens with one attached hydrogen (secondary N) is 1. The molecule has 0 aliphatic rings. The molecule has 1 heterocycles. The van der Waals surface area contributed by atoms with Gasteiger partial charge in [0.1, 0.15) is 12.1 Å². The molecule has 2 aromatic rings. The van der Waals surface area contributed by atoms with Crippen molar-refractivity contribution >= 4 is 5.82 Å². The molecule has 1 aromatic carbocycles. The van der Waals surface area contributed by atoms with Gasteiger partial charge in [0.05, 0.1) is 11.7 Å². The van der Waals surface area contributed by atoms with Gasteiger partial charge in [-0.05, 0) is 31.0 Å². The lowest BCUT2D eigenvalue weighted by Gasteiger charge is -2.19. The number of nitrogens with zero attached hydrogens (tertiary/aromatic N) is 2. The molecule has 1 aromatic heterocycles. The Morgan fingerprint density at radius 3 is 2.45 bits per heavy atom. The van der Waals surface area contributed by atoms with Crippen LogP contribution in [0.15, 0.2) is 30.6 Å². The highest BCUT2D eigenvalue weighted by Gasteiger charge is 2.14. The van der Waals surface area contributed by atoms with E-state index >= 15 is 0 Å². The van der Waals surface area contributed by atoms with E-state index in [4.69, 9.17) is 0 Å². The van der Waals surface area contributed by atoms with Gasteiger partial charge in [0.15, 0.2) is 11.6 Å². The summed E-state index contributed by atoms with van der Waals surface area (Å²) in [4.78, 5) is 7.66. The van der Waals surface area contributed by atoms with E-state index in [0.29, 0.717) is 6.42 Å². The Hall–Kier alpha value is -2.31. The lowest BCUT2D eigenvalue weighted by molar-refractivity contribution is -0.0498. The second-order valence-corrected chi connectivity index (χ2v) is 4.67. The molecule has 4 nitrogen and oxygen atoms in total. The van der Waals surface area contributed by atoms with Crippen molar-refractivity contribution in [3.8, 4) is 5.75 Å². The number of hydrogen-bond donors (Lipinski definition) is 1. The quantitative estimate of drug-likeness (QED) is 0.873. The fourth-order valence-corrected chi connectivity index (χ4v) is 2.03. The topological polar surface area (TPSA) is 47.0 Å². The lowest BCUT2D eigenvalue weighted by Crippen LogP contribution is -2.13. The number of aromatic nitrogens is 2. The first-order chi connectivity index (χ1) is 10.5. The number of rotatable bonds is 6. The third-order valence-electron chi connectivity index (χ3n) is 3.19. The molecule has 7 heteroatoms. The van der Waals surface area contributed by atoms with Gasteiger partial charge in [0, 0.05) is 0 Å². The maximum atomic E-state index is 13.9. The van der Waals surface area contributed by atoms with Crippen molar-refractivity contribution in [1.82, 2.24) is 9.97 Å². The molecule has 1 N–H and O–H groups in total. The molecule has 0 saturated heterocycles.